The van der Waals surface area contributed by atoms with Crippen LogP contribution in [0.4, 0.5) is 4.79 Å². The first-order valence-electron chi connectivity index (χ1n) is 10.9. The number of thiazole rings is 1. The number of carbonyl (C=O) groups is 3. The molecule has 2 amide bonds. The lowest BCUT2D eigenvalue weighted by Gasteiger charge is -2.21. The Morgan fingerprint density at radius 1 is 1.06 bits per heavy atom. The topological polar surface area (TPSA) is 118 Å². The summed E-state index contributed by atoms with van der Waals surface area (Å²) in [5, 5.41) is 14.2. The van der Waals surface area contributed by atoms with Gasteiger partial charge in [0.1, 0.15) is 12.6 Å². The van der Waals surface area contributed by atoms with Gasteiger partial charge in [-0.25, -0.2) is 4.79 Å². The maximum Gasteiger partial charge on any atom is 0.407 e. The summed E-state index contributed by atoms with van der Waals surface area (Å²) in [5.41, 5.74) is 6.09. The summed E-state index contributed by atoms with van der Waals surface area (Å²) in [6.45, 7) is 1.73. The van der Waals surface area contributed by atoms with Gasteiger partial charge < -0.3 is 20.5 Å². The number of benzene rings is 2. The number of rotatable bonds is 9. The Balaban J connectivity index is 1.43. The van der Waals surface area contributed by atoms with Crippen LogP contribution in [0.1, 0.15) is 35.3 Å². The molecule has 0 aliphatic heterocycles. The first-order chi connectivity index (χ1) is 16.4. The van der Waals surface area contributed by atoms with Crippen molar-refractivity contribution in [2.45, 2.75) is 37.8 Å². The highest BCUT2D eigenvalue weighted by Gasteiger charge is 2.30. The van der Waals surface area contributed by atoms with E-state index in [0.717, 1.165) is 27.1 Å². The molecule has 1 aliphatic rings. The molecule has 1 unspecified atom stereocenters. The normalized spacial score (nSPS) is 13.9. The Kier molecular flexibility index (Phi) is 7.22. The standard InChI is InChI=1S/C25H25N3O5S/c1-15(10-23(29)30)27-24(31)22(11-16-12-26-14-34-16)28-25(32)33-13-21-19-8-4-2-6-17(19)18-7-3-5-9-20(18)21/h2-9,12,14-15,21-22H,10-11,13H2,1H3,(H,27,31)(H,28,32)(H,29,30)/t15-,22?/m0/s1. The minimum Gasteiger partial charge on any atom is -0.481 e. The van der Waals surface area contributed by atoms with Crippen LogP contribution in [0, 0.1) is 0 Å². The maximum absolute atomic E-state index is 12.8. The second-order valence-corrected chi connectivity index (χ2v) is 9.17. The number of amides is 2. The Morgan fingerprint density at radius 3 is 2.29 bits per heavy atom. The quantitative estimate of drug-likeness (QED) is 0.432. The number of carboxylic acids is 1. The van der Waals surface area contributed by atoms with E-state index in [1.54, 1.807) is 18.6 Å². The average molecular weight is 480 g/mol. The summed E-state index contributed by atoms with van der Waals surface area (Å²) in [4.78, 5) is 41.3. The lowest BCUT2D eigenvalue weighted by molar-refractivity contribution is -0.137. The van der Waals surface area contributed by atoms with Crippen LogP contribution in [0.3, 0.4) is 0 Å². The first kappa shape index (κ1) is 23.4. The van der Waals surface area contributed by atoms with Crippen LogP contribution in [0.5, 0.6) is 0 Å². The highest BCUT2D eigenvalue weighted by Crippen LogP contribution is 2.44. The number of hydrogen-bond donors (Lipinski definition) is 3. The van der Waals surface area contributed by atoms with Crippen molar-refractivity contribution < 1.29 is 24.2 Å². The molecule has 3 aromatic rings. The Labute approximate surface area is 201 Å². The third-order valence-corrected chi connectivity index (χ3v) is 6.51. The Morgan fingerprint density at radius 2 is 1.71 bits per heavy atom. The summed E-state index contributed by atoms with van der Waals surface area (Å²) in [6, 6.07) is 14.6. The van der Waals surface area contributed by atoms with Gasteiger partial charge >= 0.3 is 12.1 Å². The van der Waals surface area contributed by atoms with Crippen molar-refractivity contribution in [1.29, 1.82) is 0 Å². The SMILES string of the molecule is C[C@@H](CC(=O)O)NC(=O)C(Cc1cncs1)NC(=O)OCC1c2ccccc2-c2ccccc21. The highest BCUT2D eigenvalue weighted by molar-refractivity contribution is 7.09. The van der Waals surface area contributed by atoms with E-state index in [1.807, 2.05) is 36.4 Å². The number of aromatic nitrogens is 1. The van der Waals surface area contributed by atoms with E-state index in [9.17, 15) is 14.4 Å². The molecule has 0 saturated heterocycles. The fraction of sp³-hybridized carbons (Fsp3) is 0.280. The van der Waals surface area contributed by atoms with Gasteiger partial charge in [-0.05, 0) is 29.2 Å². The number of hydrogen-bond acceptors (Lipinski definition) is 6. The van der Waals surface area contributed by atoms with Gasteiger partial charge in [0.05, 0.1) is 11.9 Å². The number of aliphatic carboxylic acids is 1. The van der Waals surface area contributed by atoms with Crippen molar-refractivity contribution in [3.8, 4) is 11.1 Å². The van der Waals surface area contributed by atoms with Crippen LogP contribution in [0.15, 0.2) is 60.2 Å². The van der Waals surface area contributed by atoms with Crippen molar-refractivity contribution >= 4 is 29.3 Å². The molecule has 2 atom stereocenters. The van der Waals surface area contributed by atoms with E-state index in [2.05, 4.69) is 27.8 Å². The molecule has 9 heteroatoms. The molecule has 0 radical (unpaired) electrons. The molecule has 1 heterocycles. The second kappa shape index (κ2) is 10.5. The third-order valence-electron chi connectivity index (χ3n) is 5.71. The molecule has 8 nitrogen and oxygen atoms in total. The molecule has 0 bridgehead atoms. The maximum atomic E-state index is 12.8. The van der Waals surface area contributed by atoms with Crippen LogP contribution in [-0.4, -0.2) is 46.8 Å². The van der Waals surface area contributed by atoms with Crippen molar-refractivity contribution in [2.24, 2.45) is 0 Å². The van der Waals surface area contributed by atoms with Gasteiger partial charge in [-0.15, -0.1) is 11.3 Å². The average Bonchev–Trinajstić information content (AvgIpc) is 3.42. The summed E-state index contributed by atoms with van der Waals surface area (Å²) in [6.07, 6.45) is 0.924. The van der Waals surface area contributed by atoms with Crippen LogP contribution in [-0.2, 0) is 20.7 Å². The molecule has 1 aliphatic carbocycles. The summed E-state index contributed by atoms with van der Waals surface area (Å²) >= 11 is 1.37. The molecule has 3 N–H and O–H groups in total. The molecule has 0 fully saturated rings. The van der Waals surface area contributed by atoms with Crippen molar-refractivity contribution in [3.63, 3.8) is 0 Å². The highest BCUT2D eigenvalue weighted by atomic mass is 32.1. The number of alkyl carbamates (subject to hydrolysis) is 1. The minimum absolute atomic E-state index is 0.0949. The lowest BCUT2D eigenvalue weighted by Crippen LogP contribution is -2.50. The monoisotopic (exact) mass is 479 g/mol. The molecule has 0 saturated carbocycles. The van der Waals surface area contributed by atoms with Gasteiger partial charge in [-0.1, -0.05) is 48.5 Å². The van der Waals surface area contributed by atoms with E-state index < -0.39 is 30.1 Å². The molecule has 4 rings (SSSR count). The molecule has 0 spiro atoms. The number of carboxylic acid groups (broad SMARTS) is 1. The van der Waals surface area contributed by atoms with Gasteiger partial charge in [0.25, 0.3) is 0 Å². The number of fused-ring (bicyclic) bond motifs is 3. The smallest absolute Gasteiger partial charge is 0.407 e. The van der Waals surface area contributed by atoms with Crippen LogP contribution >= 0.6 is 11.3 Å². The van der Waals surface area contributed by atoms with E-state index >= 15 is 0 Å². The molecule has 34 heavy (non-hydrogen) atoms. The molecule has 176 valence electrons. The number of ether oxygens (including phenoxy) is 1. The lowest BCUT2D eigenvalue weighted by atomic mass is 9.98. The van der Waals surface area contributed by atoms with Gasteiger partial charge in [-0.3, -0.25) is 14.6 Å². The Bertz CT molecular complexity index is 1140. The van der Waals surface area contributed by atoms with E-state index in [0.29, 0.717) is 0 Å². The molecular weight excluding hydrogens is 454 g/mol. The predicted octanol–water partition coefficient (Wildman–Crippen LogP) is 3.57. The van der Waals surface area contributed by atoms with E-state index in [4.69, 9.17) is 9.84 Å². The fourth-order valence-electron chi connectivity index (χ4n) is 4.19. The van der Waals surface area contributed by atoms with Gasteiger partial charge in [0.2, 0.25) is 5.91 Å². The van der Waals surface area contributed by atoms with Crippen molar-refractivity contribution in [3.05, 3.63) is 76.2 Å². The molecular formula is C25H25N3O5S. The third kappa shape index (κ3) is 5.43. The number of nitrogens with one attached hydrogen (secondary N) is 2. The van der Waals surface area contributed by atoms with Gasteiger partial charge in [-0.2, -0.15) is 0 Å². The fourth-order valence-corrected chi connectivity index (χ4v) is 4.83. The second-order valence-electron chi connectivity index (χ2n) is 8.20. The zero-order valence-electron chi connectivity index (χ0n) is 18.6. The van der Waals surface area contributed by atoms with Crippen LogP contribution < -0.4 is 10.6 Å². The summed E-state index contributed by atoms with van der Waals surface area (Å²) < 4.78 is 5.57. The zero-order chi connectivity index (χ0) is 24.1. The summed E-state index contributed by atoms with van der Waals surface area (Å²) in [5.74, 6) is -1.59. The van der Waals surface area contributed by atoms with Gasteiger partial charge in [0, 0.05) is 29.5 Å². The predicted molar refractivity (Wildman–Crippen MR) is 128 cm³/mol. The summed E-state index contributed by atoms with van der Waals surface area (Å²) in [7, 11) is 0. The van der Waals surface area contributed by atoms with Gasteiger partial charge in [0.15, 0.2) is 0 Å². The zero-order valence-corrected chi connectivity index (χ0v) is 19.4. The molecule has 2 aromatic carbocycles. The number of carbonyl (C=O) groups excluding carboxylic acids is 2. The first-order valence-corrected chi connectivity index (χ1v) is 11.8. The van der Waals surface area contributed by atoms with Crippen LogP contribution in [0.25, 0.3) is 11.1 Å². The van der Waals surface area contributed by atoms with Crippen LogP contribution in [0.2, 0.25) is 0 Å². The van der Waals surface area contributed by atoms with E-state index in [-0.39, 0.29) is 25.4 Å². The number of nitrogens with zero attached hydrogens (tertiary/aromatic N) is 1. The largest absolute Gasteiger partial charge is 0.481 e. The molecule has 1 aromatic heterocycles. The van der Waals surface area contributed by atoms with Crippen molar-refractivity contribution in [1.82, 2.24) is 15.6 Å². The van der Waals surface area contributed by atoms with E-state index in [1.165, 1.54) is 11.3 Å². The minimum atomic E-state index is -1.02. The Hall–Kier alpha value is -3.72. The van der Waals surface area contributed by atoms with Crippen molar-refractivity contribution in [2.75, 3.05) is 6.61 Å².